The van der Waals surface area contributed by atoms with Gasteiger partial charge in [0.2, 0.25) is 0 Å². The fraction of sp³-hybridized carbons (Fsp3) is 1.00. The maximum Gasteiger partial charge on any atom is 0.113 e. The van der Waals surface area contributed by atoms with E-state index in [1.807, 2.05) is 0 Å². The van der Waals surface area contributed by atoms with Crippen molar-refractivity contribution in [2.45, 2.75) is 33.4 Å². The van der Waals surface area contributed by atoms with Gasteiger partial charge < -0.3 is 4.74 Å². The molecule has 0 spiro atoms. The maximum atomic E-state index is 5.57. The van der Waals surface area contributed by atoms with Gasteiger partial charge in [-0.25, -0.2) is 0 Å². The summed E-state index contributed by atoms with van der Waals surface area (Å²) in [5, 5.41) is 3.33. The summed E-state index contributed by atoms with van der Waals surface area (Å²) in [6.07, 6.45) is 0. The Labute approximate surface area is 75.1 Å². The number of rotatable bonds is 0. The Balaban J connectivity index is 0.000001000. The fourth-order valence-electron chi connectivity index (χ4n) is 0.930. The highest BCUT2D eigenvalue weighted by Gasteiger charge is 2.31. The lowest BCUT2D eigenvalue weighted by Crippen LogP contribution is -2.53. The van der Waals surface area contributed by atoms with Crippen LogP contribution in [0.3, 0.4) is 0 Å². The molecule has 1 aliphatic rings. The molecule has 3 heteroatoms. The van der Waals surface area contributed by atoms with Crippen molar-refractivity contribution in [1.29, 1.82) is 0 Å². The molecule has 0 aromatic rings. The van der Waals surface area contributed by atoms with Crippen molar-refractivity contribution in [3.05, 3.63) is 0 Å². The van der Waals surface area contributed by atoms with Crippen molar-refractivity contribution in [1.82, 2.24) is 5.32 Å². The van der Waals surface area contributed by atoms with Crippen molar-refractivity contribution in [2.24, 2.45) is 5.41 Å². The van der Waals surface area contributed by atoms with Crippen LogP contribution in [0.4, 0.5) is 0 Å². The zero-order valence-electron chi connectivity index (χ0n) is 7.73. The molecule has 0 aromatic carbocycles. The first-order valence-corrected chi connectivity index (χ1v) is 3.80. The van der Waals surface area contributed by atoms with Crippen LogP contribution in [-0.4, -0.2) is 18.9 Å². The summed E-state index contributed by atoms with van der Waals surface area (Å²) in [6.45, 7) is 10.4. The van der Waals surface area contributed by atoms with Gasteiger partial charge in [0.1, 0.15) is 5.72 Å². The molecule has 0 unspecified atom stereocenters. The first-order chi connectivity index (χ1) is 4.41. The summed E-state index contributed by atoms with van der Waals surface area (Å²) in [5.41, 5.74) is 0.186. The van der Waals surface area contributed by atoms with Gasteiger partial charge in [0, 0.05) is 12.0 Å². The molecule has 1 saturated heterocycles. The van der Waals surface area contributed by atoms with Gasteiger partial charge in [-0.05, 0) is 13.8 Å². The van der Waals surface area contributed by atoms with E-state index in [1.165, 1.54) is 0 Å². The van der Waals surface area contributed by atoms with Crippen LogP contribution in [0.2, 0.25) is 0 Å². The topological polar surface area (TPSA) is 21.3 Å². The van der Waals surface area contributed by atoms with E-state index in [-0.39, 0.29) is 18.1 Å². The van der Waals surface area contributed by atoms with Gasteiger partial charge in [0.05, 0.1) is 6.61 Å². The highest BCUT2D eigenvalue weighted by Crippen LogP contribution is 2.23. The lowest BCUT2D eigenvalue weighted by Gasteiger charge is -2.40. The third kappa shape index (κ3) is 3.41. The monoisotopic (exact) mass is 179 g/mol. The Morgan fingerprint density at radius 1 is 1.18 bits per heavy atom. The molecule has 0 bridgehead atoms. The van der Waals surface area contributed by atoms with E-state index in [4.69, 9.17) is 4.74 Å². The highest BCUT2D eigenvalue weighted by molar-refractivity contribution is 5.85. The van der Waals surface area contributed by atoms with E-state index in [0.29, 0.717) is 5.41 Å². The van der Waals surface area contributed by atoms with Crippen molar-refractivity contribution >= 4 is 12.4 Å². The lowest BCUT2D eigenvalue weighted by molar-refractivity contribution is -0.114. The molecule has 0 saturated carbocycles. The minimum Gasteiger partial charge on any atom is -0.361 e. The van der Waals surface area contributed by atoms with Crippen LogP contribution in [0, 0.1) is 5.41 Å². The summed E-state index contributed by atoms with van der Waals surface area (Å²) >= 11 is 0. The first-order valence-electron chi connectivity index (χ1n) is 3.80. The summed E-state index contributed by atoms with van der Waals surface area (Å²) in [5.74, 6) is 0. The standard InChI is InChI=1S/C8H17NO.ClH/c1-7(2)5-9-8(3,4)10-6-7;/h9H,5-6H2,1-4H3;1H. The Kier molecular flexibility index (Phi) is 3.36. The minimum atomic E-state index is -0.116. The van der Waals surface area contributed by atoms with Crippen LogP contribution in [0.5, 0.6) is 0 Å². The van der Waals surface area contributed by atoms with Gasteiger partial charge in [-0.15, -0.1) is 12.4 Å². The van der Waals surface area contributed by atoms with Gasteiger partial charge in [0.25, 0.3) is 0 Å². The predicted octanol–water partition coefficient (Wildman–Crippen LogP) is 1.79. The van der Waals surface area contributed by atoms with Crippen LogP contribution in [0.1, 0.15) is 27.7 Å². The molecule has 2 nitrogen and oxygen atoms in total. The Morgan fingerprint density at radius 2 is 1.73 bits per heavy atom. The quantitative estimate of drug-likeness (QED) is 0.613. The molecule has 68 valence electrons. The zero-order chi connectivity index (χ0) is 7.83. The summed E-state index contributed by atoms with van der Waals surface area (Å²) < 4.78 is 5.57. The molecular formula is C8H18ClNO. The summed E-state index contributed by atoms with van der Waals surface area (Å²) in [6, 6.07) is 0. The normalized spacial score (nSPS) is 27.3. The van der Waals surface area contributed by atoms with E-state index in [9.17, 15) is 0 Å². The molecule has 1 N–H and O–H groups in total. The Bertz CT molecular complexity index is 106. The first kappa shape index (κ1) is 11.2. The average Bonchev–Trinajstić information content (AvgIpc) is 1.79. The third-order valence-electron chi connectivity index (χ3n) is 1.82. The molecule has 1 fully saturated rings. The van der Waals surface area contributed by atoms with Crippen LogP contribution >= 0.6 is 12.4 Å². The van der Waals surface area contributed by atoms with Crippen LogP contribution < -0.4 is 5.32 Å². The SMILES string of the molecule is CC1(C)CNC(C)(C)OC1.Cl. The van der Waals surface area contributed by atoms with Gasteiger partial charge in [-0.2, -0.15) is 0 Å². The molecule has 0 aliphatic carbocycles. The molecule has 0 aromatic heterocycles. The van der Waals surface area contributed by atoms with Gasteiger partial charge in [-0.1, -0.05) is 13.8 Å². The lowest BCUT2D eigenvalue weighted by atomic mass is 9.92. The van der Waals surface area contributed by atoms with Gasteiger partial charge >= 0.3 is 0 Å². The van der Waals surface area contributed by atoms with Crippen molar-refractivity contribution < 1.29 is 4.74 Å². The largest absolute Gasteiger partial charge is 0.361 e. The molecule has 11 heavy (non-hydrogen) atoms. The van der Waals surface area contributed by atoms with E-state index >= 15 is 0 Å². The third-order valence-corrected chi connectivity index (χ3v) is 1.82. The van der Waals surface area contributed by atoms with Crippen molar-refractivity contribution in [3.63, 3.8) is 0 Å². The molecular weight excluding hydrogens is 162 g/mol. The van der Waals surface area contributed by atoms with Gasteiger partial charge in [0.15, 0.2) is 0 Å². The van der Waals surface area contributed by atoms with Crippen LogP contribution in [0.15, 0.2) is 0 Å². The second kappa shape index (κ2) is 3.30. The Morgan fingerprint density at radius 3 is 2.00 bits per heavy atom. The fourth-order valence-corrected chi connectivity index (χ4v) is 0.930. The average molecular weight is 180 g/mol. The molecule has 1 aliphatic heterocycles. The molecule has 0 radical (unpaired) electrons. The molecule has 0 atom stereocenters. The number of hydrogen-bond donors (Lipinski definition) is 1. The van der Waals surface area contributed by atoms with Crippen molar-refractivity contribution in [2.75, 3.05) is 13.2 Å². The second-order valence-corrected chi connectivity index (χ2v) is 4.32. The summed E-state index contributed by atoms with van der Waals surface area (Å²) in [7, 11) is 0. The molecule has 1 rings (SSSR count). The van der Waals surface area contributed by atoms with Crippen LogP contribution in [0.25, 0.3) is 0 Å². The number of halogens is 1. The van der Waals surface area contributed by atoms with E-state index in [0.717, 1.165) is 13.2 Å². The van der Waals surface area contributed by atoms with E-state index < -0.39 is 0 Å². The highest BCUT2D eigenvalue weighted by atomic mass is 35.5. The number of nitrogens with one attached hydrogen (secondary N) is 1. The minimum absolute atomic E-state index is 0. The number of ether oxygens (including phenoxy) is 1. The van der Waals surface area contributed by atoms with E-state index in [2.05, 4.69) is 33.0 Å². The maximum absolute atomic E-state index is 5.57. The van der Waals surface area contributed by atoms with Crippen LogP contribution in [-0.2, 0) is 4.74 Å². The van der Waals surface area contributed by atoms with Gasteiger partial charge in [-0.3, -0.25) is 5.32 Å². The van der Waals surface area contributed by atoms with E-state index in [1.54, 1.807) is 0 Å². The number of hydrogen-bond acceptors (Lipinski definition) is 2. The zero-order valence-corrected chi connectivity index (χ0v) is 8.55. The second-order valence-electron chi connectivity index (χ2n) is 4.32. The molecule has 1 heterocycles. The smallest absolute Gasteiger partial charge is 0.113 e. The van der Waals surface area contributed by atoms with Crippen molar-refractivity contribution in [3.8, 4) is 0 Å². The predicted molar refractivity (Wildman–Crippen MR) is 49.1 cm³/mol. The summed E-state index contributed by atoms with van der Waals surface area (Å²) in [4.78, 5) is 0. The molecule has 0 amide bonds. The Hall–Kier alpha value is 0.210.